The van der Waals surface area contributed by atoms with Crippen molar-refractivity contribution in [3.05, 3.63) is 65.3 Å². The van der Waals surface area contributed by atoms with Gasteiger partial charge in [-0.1, -0.05) is 35.9 Å². The number of hydrogen-bond donors (Lipinski definition) is 2. The second-order valence-electron chi connectivity index (χ2n) is 4.75. The molecule has 0 aliphatic heterocycles. The van der Waals surface area contributed by atoms with Crippen LogP contribution in [-0.4, -0.2) is 11.9 Å². The highest BCUT2D eigenvalue weighted by molar-refractivity contribution is 6.32. The van der Waals surface area contributed by atoms with Gasteiger partial charge in [0.2, 0.25) is 5.91 Å². The van der Waals surface area contributed by atoms with Crippen LogP contribution >= 0.6 is 11.6 Å². The summed E-state index contributed by atoms with van der Waals surface area (Å²) < 4.78 is 0. The maximum absolute atomic E-state index is 12.2. The van der Waals surface area contributed by atoms with Gasteiger partial charge in [0.25, 0.3) is 0 Å². The van der Waals surface area contributed by atoms with Gasteiger partial charge in [0.15, 0.2) is 0 Å². The van der Waals surface area contributed by atoms with Gasteiger partial charge in [-0.2, -0.15) is 0 Å². The molecule has 118 valence electrons. The molecule has 23 heavy (non-hydrogen) atoms. The summed E-state index contributed by atoms with van der Waals surface area (Å²) in [4.78, 5) is 25.0. The van der Waals surface area contributed by atoms with Gasteiger partial charge in [0, 0.05) is 23.8 Å². The van der Waals surface area contributed by atoms with Crippen LogP contribution in [0.15, 0.2) is 54.7 Å². The van der Waals surface area contributed by atoms with E-state index in [4.69, 9.17) is 17.3 Å². The fraction of sp³-hybridized carbons (Fsp3) is 0.0588. The summed E-state index contributed by atoms with van der Waals surface area (Å²) in [5, 5.41) is 3.11. The molecule has 2 aromatic carbocycles. The van der Waals surface area contributed by atoms with Crippen molar-refractivity contribution < 1.29 is 9.59 Å². The van der Waals surface area contributed by atoms with Gasteiger partial charge >= 0.3 is 6.03 Å². The number of hydrogen-bond acceptors (Lipinski definition) is 3. The summed E-state index contributed by atoms with van der Waals surface area (Å²) in [7, 11) is 0. The minimum Gasteiger partial charge on any atom is -0.399 e. The van der Waals surface area contributed by atoms with Crippen LogP contribution in [-0.2, 0) is 4.79 Å². The van der Waals surface area contributed by atoms with Crippen molar-refractivity contribution in [1.82, 2.24) is 5.32 Å². The minimum absolute atomic E-state index is 0.404. The lowest BCUT2D eigenvalue weighted by atomic mass is 10.2. The number of imide groups is 1. The zero-order valence-electron chi connectivity index (χ0n) is 12.5. The van der Waals surface area contributed by atoms with Gasteiger partial charge in [-0.25, -0.2) is 9.69 Å². The summed E-state index contributed by atoms with van der Waals surface area (Å²) in [5.41, 5.74) is 7.32. The highest BCUT2D eigenvalue weighted by atomic mass is 35.5. The van der Waals surface area contributed by atoms with E-state index in [2.05, 4.69) is 5.32 Å². The highest BCUT2D eigenvalue weighted by Crippen LogP contribution is 2.18. The van der Waals surface area contributed by atoms with Crippen molar-refractivity contribution in [2.45, 2.75) is 6.92 Å². The summed E-state index contributed by atoms with van der Waals surface area (Å²) in [6, 6.07) is 13.2. The van der Waals surface area contributed by atoms with E-state index >= 15 is 0 Å². The number of carbonyl (C=O) groups excluding carboxylic acids is 2. The fourth-order valence-corrected chi connectivity index (χ4v) is 2.18. The maximum atomic E-state index is 12.2. The van der Waals surface area contributed by atoms with Gasteiger partial charge in [0.1, 0.15) is 0 Å². The standard InChI is InChI=1S/C17H16ClN3O2/c1-12(22)21(15-7-4-6-14(19)11-15)17(23)20-10-9-13-5-2-3-8-16(13)18/h2-11H,19H2,1H3,(H,20,23)/b10-9+. The van der Waals surface area contributed by atoms with Crippen LogP contribution in [0.1, 0.15) is 12.5 Å². The van der Waals surface area contributed by atoms with Crippen molar-refractivity contribution in [3.8, 4) is 0 Å². The molecule has 0 unspecified atom stereocenters. The number of carbonyl (C=O) groups is 2. The molecule has 3 N–H and O–H groups in total. The largest absolute Gasteiger partial charge is 0.399 e. The number of anilines is 2. The number of rotatable bonds is 3. The Hall–Kier alpha value is -2.79. The number of halogens is 1. The van der Waals surface area contributed by atoms with Crippen LogP contribution in [0, 0.1) is 0 Å². The fourth-order valence-electron chi connectivity index (χ4n) is 1.98. The molecule has 0 atom stereocenters. The third-order valence-corrected chi connectivity index (χ3v) is 3.37. The number of benzene rings is 2. The lowest BCUT2D eigenvalue weighted by Gasteiger charge is -2.19. The second-order valence-corrected chi connectivity index (χ2v) is 5.16. The Morgan fingerprint density at radius 1 is 1.17 bits per heavy atom. The van der Waals surface area contributed by atoms with Crippen molar-refractivity contribution in [2.24, 2.45) is 0 Å². The van der Waals surface area contributed by atoms with Crippen LogP contribution in [0.25, 0.3) is 6.08 Å². The Labute approximate surface area is 139 Å². The quantitative estimate of drug-likeness (QED) is 0.844. The van der Waals surface area contributed by atoms with Gasteiger partial charge in [-0.05, 0) is 35.9 Å². The summed E-state index contributed by atoms with van der Waals surface area (Å²) >= 11 is 6.02. The monoisotopic (exact) mass is 329 g/mol. The van der Waals surface area contributed by atoms with Crippen LogP contribution in [0.2, 0.25) is 5.02 Å². The van der Waals surface area contributed by atoms with Gasteiger partial charge < -0.3 is 11.1 Å². The Morgan fingerprint density at radius 2 is 1.91 bits per heavy atom. The molecule has 5 nitrogen and oxygen atoms in total. The SMILES string of the molecule is CC(=O)N(C(=O)N/C=C/c1ccccc1Cl)c1cccc(N)c1. The molecular formula is C17H16ClN3O2. The minimum atomic E-state index is -0.577. The number of nitrogens with zero attached hydrogens (tertiary/aromatic N) is 1. The predicted octanol–water partition coefficient (Wildman–Crippen LogP) is 3.66. The van der Waals surface area contributed by atoms with E-state index in [9.17, 15) is 9.59 Å². The Balaban J connectivity index is 2.14. The second kappa shape index (κ2) is 7.47. The first-order valence-electron chi connectivity index (χ1n) is 6.87. The van der Waals surface area contributed by atoms with Crippen LogP contribution in [0.4, 0.5) is 16.2 Å². The Morgan fingerprint density at radius 3 is 2.57 bits per heavy atom. The zero-order chi connectivity index (χ0) is 16.8. The Bertz CT molecular complexity index is 759. The lowest BCUT2D eigenvalue weighted by Crippen LogP contribution is -2.41. The molecule has 3 amide bonds. The van der Waals surface area contributed by atoms with Gasteiger partial charge in [0.05, 0.1) is 5.69 Å². The zero-order valence-corrected chi connectivity index (χ0v) is 13.2. The molecule has 0 fully saturated rings. The third-order valence-electron chi connectivity index (χ3n) is 3.02. The van der Waals surface area contributed by atoms with Gasteiger partial charge in [-0.15, -0.1) is 0 Å². The van der Waals surface area contributed by atoms with E-state index in [1.54, 1.807) is 36.4 Å². The van der Waals surface area contributed by atoms with E-state index in [-0.39, 0.29) is 0 Å². The Kier molecular flexibility index (Phi) is 5.38. The molecule has 0 aromatic heterocycles. The van der Waals surface area contributed by atoms with Crippen LogP contribution in [0.3, 0.4) is 0 Å². The van der Waals surface area contributed by atoms with Crippen molar-refractivity contribution in [2.75, 3.05) is 10.6 Å². The first-order chi connectivity index (χ1) is 11.0. The summed E-state index contributed by atoms with van der Waals surface area (Å²) in [5.74, 6) is -0.417. The summed E-state index contributed by atoms with van der Waals surface area (Å²) in [6.45, 7) is 1.31. The molecule has 0 saturated carbocycles. The molecule has 2 rings (SSSR count). The van der Waals surface area contributed by atoms with Crippen molar-refractivity contribution in [1.29, 1.82) is 0 Å². The molecular weight excluding hydrogens is 314 g/mol. The average molecular weight is 330 g/mol. The third kappa shape index (κ3) is 4.34. The molecule has 6 heteroatoms. The molecule has 0 heterocycles. The van der Waals surface area contributed by atoms with Gasteiger partial charge in [-0.3, -0.25) is 4.79 Å². The normalized spacial score (nSPS) is 10.5. The van der Waals surface area contributed by atoms with Crippen molar-refractivity contribution in [3.63, 3.8) is 0 Å². The molecule has 0 aliphatic rings. The first kappa shape index (κ1) is 16.6. The topological polar surface area (TPSA) is 75.4 Å². The molecule has 0 bridgehead atoms. The van der Waals surface area contributed by atoms with E-state index in [1.165, 1.54) is 13.1 Å². The van der Waals surface area contributed by atoms with E-state index in [1.807, 2.05) is 18.2 Å². The number of amides is 3. The number of urea groups is 1. The predicted molar refractivity (Wildman–Crippen MR) is 93.0 cm³/mol. The molecule has 0 aliphatic carbocycles. The lowest BCUT2D eigenvalue weighted by molar-refractivity contribution is -0.115. The first-order valence-corrected chi connectivity index (χ1v) is 7.24. The smallest absolute Gasteiger partial charge is 0.332 e. The molecule has 0 radical (unpaired) electrons. The molecule has 2 aromatic rings. The molecule has 0 spiro atoms. The molecule has 0 saturated heterocycles. The number of nitrogens with one attached hydrogen (secondary N) is 1. The number of nitrogen functional groups attached to an aromatic ring is 1. The maximum Gasteiger partial charge on any atom is 0.332 e. The average Bonchev–Trinajstić information content (AvgIpc) is 2.49. The number of nitrogens with two attached hydrogens (primary N) is 1. The van der Waals surface area contributed by atoms with Crippen LogP contribution < -0.4 is 16.0 Å². The van der Waals surface area contributed by atoms with E-state index < -0.39 is 11.9 Å². The van der Waals surface area contributed by atoms with E-state index in [0.717, 1.165) is 10.5 Å². The van der Waals surface area contributed by atoms with Crippen molar-refractivity contribution >= 4 is 41.0 Å². The van der Waals surface area contributed by atoms with Crippen LogP contribution in [0.5, 0.6) is 0 Å². The van der Waals surface area contributed by atoms with E-state index in [0.29, 0.717) is 16.4 Å². The highest BCUT2D eigenvalue weighted by Gasteiger charge is 2.19. The summed E-state index contributed by atoms with van der Waals surface area (Å²) in [6.07, 6.45) is 3.09.